The second kappa shape index (κ2) is 5.06. The number of aryl methyl sites for hydroxylation is 1. The third kappa shape index (κ3) is 2.60. The zero-order chi connectivity index (χ0) is 13.1. The average molecular weight is 262 g/mol. The highest BCUT2D eigenvalue weighted by atomic mass is 35.5. The first kappa shape index (κ1) is 12.4. The van der Waals surface area contributed by atoms with E-state index in [4.69, 9.17) is 17.3 Å². The maximum absolute atomic E-state index is 12.0. The van der Waals surface area contributed by atoms with Crippen molar-refractivity contribution in [1.82, 2.24) is 4.98 Å². The fourth-order valence-electron chi connectivity index (χ4n) is 1.54. The third-order valence-electron chi connectivity index (χ3n) is 2.48. The number of carbonyl (C=O) groups is 1. The van der Waals surface area contributed by atoms with E-state index in [0.717, 1.165) is 5.56 Å². The quantitative estimate of drug-likeness (QED) is 0.873. The largest absolute Gasteiger partial charge is 0.399 e. The van der Waals surface area contributed by atoms with Crippen LogP contribution in [-0.4, -0.2) is 10.9 Å². The second-order valence-corrected chi connectivity index (χ2v) is 4.27. The molecule has 3 N–H and O–H groups in total. The number of halogens is 1. The van der Waals surface area contributed by atoms with Crippen LogP contribution in [0.25, 0.3) is 0 Å². The molecule has 4 nitrogen and oxygen atoms in total. The van der Waals surface area contributed by atoms with Gasteiger partial charge in [-0.3, -0.25) is 9.78 Å². The highest BCUT2D eigenvalue weighted by Gasteiger charge is 2.11. The summed E-state index contributed by atoms with van der Waals surface area (Å²) in [6, 6.07) is 8.55. The molecule has 5 heteroatoms. The third-order valence-corrected chi connectivity index (χ3v) is 2.79. The Kier molecular flexibility index (Phi) is 3.48. The van der Waals surface area contributed by atoms with E-state index in [0.29, 0.717) is 16.4 Å². The van der Waals surface area contributed by atoms with Gasteiger partial charge in [0.05, 0.1) is 10.7 Å². The first-order valence-corrected chi connectivity index (χ1v) is 5.73. The summed E-state index contributed by atoms with van der Waals surface area (Å²) in [6.07, 6.45) is 1.49. The van der Waals surface area contributed by atoms with E-state index >= 15 is 0 Å². The van der Waals surface area contributed by atoms with Gasteiger partial charge < -0.3 is 11.1 Å². The zero-order valence-corrected chi connectivity index (χ0v) is 10.5. The molecule has 2 rings (SSSR count). The number of nitrogens with zero attached hydrogens (tertiary/aromatic N) is 1. The zero-order valence-electron chi connectivity index (χ0n) is 9.77. The normalized spacial score (nSPS) is 10.1. The lowest BCUT2D eigenvalue weighted by molar-refractivity contribution is 0.102. The number of para-hydroxylation sites is 1. The van der Waals surface area contributed by atoms with E-state index in [1.54, 1.807) is 12.1 Å². The molecular weight excluding hydrogens is 250 g/mol. The minimum atomic E-state index is -0.335. The van der Waals surface area contributed by atoms with Crippen molar-refractivity contribution in [3.8, 4) is 0 Å². The molecule has 1 aromatic heterocycles. The molecule has 0 bridgehead atoms. The summed E-state index contributed by atoms with van der Waals surface area (Å²) in [5.41, 5.74) is 7.83. The maximum Gasteiger partial charge on any atom is 0.274 e. The Labute approximate surface area is 110 Å². The molecule has 1 amide bonds. The number of hydrogen-bond donors (Lipinski definition) is 2. The number of amides is 1. The predicted molar refractivity (Wildman–Crippen MR) is 72.8 cm³/mol. The topological polar surface area (TPSA) is 68.0 Å². The van der Waals surface area contributed by atoms with Crippen molar-refractivity contribution >= 4 is 28.9 Å². The van der Waals surface area contributed by atoms with Gasteiger partial charge in [-0.2, -0.15) is 0 Å². The van der Waals surface area contributed by atoms with Gasteiger partial charge in [0.2, 0.25) is 0 Å². The van der Waals surface area contributed by atoms with Crippen molar-refractivity contribution in [3.05, 3.63) is 52.8 Å². The van der Waals surface area contributed by atoms with Gasteiger partial charge in [0.1, 0.15) is 5.69 Å². The van der Waals surface area contributed by atoms with Crippen LogP contribution < -0.4 is 11.1 Å². The van der Waals surface area contributed by atoms with Crippen LogP contribution in [0.3, 0.4) is 0 Å². The lowest BCUT2D eigenvalue weighted by Crippen LogP contribution is -2.15. The van der Waals surface area contributed by atoms with Crippen LogP contribution in [0.4, 0.5) is 11.4 Å². The smallest absolute Gasteiger partial charge is 0.274 e. The summed E-state index contributed by atoms with van der Waals surface area (Å²) < 4.78 is 0. The first-order chi connectivity index (χ1) is 8.58. The predicted octanol–water partition coefficient (Wildman–Crippen LogP) is 2.88. The van der Waals surface area contributed by atoms with Gasteiger partial charge >= 0.3 is 0 Å². The second-order valence-electron chi connectivity index (χ2n) is 3.86. The van der Waals surface area contributed by atoms with Crippen molar-refractivity contribution in [1.29, 1.82) is 0 Å². The van der Waals surface area contributed by atoms with Crippen molar-refractivity contribution in [2.45, 2.75) is 6.92 Å². The molecule has 0 aliphatic rings. The SMILES string of the molecule is Cc1cccc(Cl)c1NC(=O)c1cc(N)ccn1. The van der Waals surface area contributed by atoms with Crippen LogP contribution in [0.1, 0.15) is 16.1 Å². The van der Waals surface area contributed by atoms with E-state index in [1.807, 2.05) is 19.1 Å². The highest BCUT2D eigenvalue weighted by Crippen LogP contribution is 2.25. The Bertz CT molecular complexity index is 578. The molecule has 0 saturated carbocycles. The molecule has 0 spiro atoms. The van der Waals surface area contributed by atoms with Gasteiger partial charge in [0.15, 0.2) is 0 Å². The number of nitrogens with two attached hydrogens (primary N) is 1. The van der Waals surface area contributed by atoms with Crippen molar-refractivity contribution in [3.63, 3.8) is 0 Å². The number of hydrogen-bond acceptors (Lipinski definition) is 3. The molecule has 1 heterocycles. The molecular formula is C13H12ClN3O. The summed E-state index contributed by atoms with van der Waals surface area (Å²) in [4.78, 5) is 15.9. The number of carbonyl (C=O) groups excluding carboxylic acids is 1. The van der Waals surface area contributed by atoms with E-state index in [-0.39, 0.29) is 11.6 Å². The lowest BCUT2D eigenvalue weighted by atomic mass is 10.2. The van der Waals surface area contributed by atoms with E-state index in [2.05, 4.69) is 10.3 Å². The summed E-state index contributed by atoms with van der Waals surface area (Å²) >= 11 is 6.03. The fourth-order valence-corrected chi connectivity index (χ4v) is 1.81. The Hall–Kier alpha value is -2.07. The molecule has 0 unspecified atom stereocenters. The summed E-state index contributed by atoms with van der Waals surface area (Å²) in [5.74, 6) is -0.335. The average Bonchev–Trinajstić information content (AvgIpc) is 2.34. The van der Waals surface area contributed by atoms with Crippen molar-refractivity contribution in [2.24, 2.45) is 0 Å². The van der Waals surface area contributed by atoms with E-state index in [1.165, 1.54) is 12.3 Å². The standard InChI is InChI=1S/C13H12ClN3O/c1-8-3-2-4-10(14)12(8)17-13(18)11-7-9(15)5-6-16-11/h2-7H,1H3,(H2,15,16)(H,17,18). The van der Waals surface area contributed by atoms with Gasteiger partial charge in [0, 0.05) is 11.9 Å². The van der Waals surface area contributed by atoms with Gasteiger partial charge in [-0.05, 0) is 30.7 Å². The molecule has 2 aromatic rings. The number of pyridine rings is 1. The van der Waals surface area contributed by atoms with Gasteiger partial charge in [-0.25, -0.2) is 0 Å². The van der Waals surface area contributed by atoms with Crippen molar-refractivity contribution < 1.29 is 4.79 Å². The van der Waals surface area contributed by atoms with Gasteiger partial charge in [-0.15, -0.1) is 0 Å². The number of benzene rings is 1. The Morgan fingerprint density at radius 2 is 2.17 bits per heavy atom. The molecule has 0 fully saturated rings. The summed E-state index contributed by atoms with van der Waals surface area (Å²) in [7, 11) is 0. The highest BCUT2D eigenvalue weighted by molar-refractivity contribution is 6.34. The number of aromatic nitrogens is 1. The Morgan fingerprint density at radius 1 is 1.39 bits per heavy atom. The number of nitrogen functional groups attached to an aromatic ring is 1. The van der Waals surface area contributed by atoms with Gasteiger partial charge in [-0.1, -0.05) is 23.7 Å². The number of anilines is 2. The van der Waals surface area contributed by atoms with Crippen molar-refractivity contribution in [2.75, 3.05) is 11.1 Å². The fraction of sp³-hybridized carbons (Fsp3) is 0.0769. The number of nitrogens with one attached hydrogen (secondary N) is 1. The minimum Gasteiger partial charge on any atom is -0.399 e. The molecule has 92 valence electrons. The number of rotatable bonds is 2. The van der Waals surface area contributed by atoms with Crippen LogP contribution in [0.15, 0.2) is 36.5 Å². The van der Waals surface area contributed by atoms with E-state index in [9.17, 15) is 4.79 Å². The van der Waals surface area contributed by atoms with E-state index < -0.39 is 0 Å². The Morgan fingerprint density at radius 3 is 2.83 bits per heavy atom. The first-order valence-electron chi connectivity index (χ1n) is 5.36. The van der Waals surface area contributed by atoms with Crippen LogP contribution >= 0.6 is 11.6 Å². The molecule has 0 aliphatic heterocycles. The lowest BCUT2D eigenvalue weighted by Gasteiger charge is -2.09. The molecule has 0 atom stereocenters. The molecule has 0 aliphatic carbocycles. The van der Waals surface area contributed by atoms with Crippen LogP contribution in [0.2, 0.25) is 5.02 Å². The van der Waals surface area contributed by atoms with Gasteiger partial charge in [0.25, 0.3) is 5.91 Å². The Balaban J connectivity index is 2.27. The molecule has 1 aromatic carbocycles. The minimum absolute atomic E-state index is 0.259. The summed E-state index contributed by atoms with van der Waals surface area (Å²) in [6.45, 7) is 1.87. The molecule has 18 heavy (non-hydrogen) atoms. The molecule has 0 radical (unpaired) electrons. The van der Waals surface area contributed by atoms with Crippen LogP contribution in [0.5, 0.6) is 0 Å². The maximum atomic E-state index is 12.0. The van der Waals surface area contributed by atoms with Crippen LogP contribution in [-0.2, 0) is 0 Å². The molecule has 0 saturated heterocycles. The van der Waals surface area contributed by atoms with Crippen LogP contribution in [0, 0.1) is 6.92 Å². The summed E-state index contributed by atoms with van der Waals surface area (Å²) in [5, 5.41) is 3.23. The monoisotopic (exact) mass is 261 g/mol.